The predicted octanol–water partition coefficient (Wildman–Crippen LogP) is 0.432. The molecule has 1 fully saturated rings. The van der Waals surface area contributed by atoms with E-state index in [0.717, 1.165) is 34.8 Å². The lowest BCUT2D eigenvalue weighted by molar-refractivity contribution is -0.116. The highest BCUT2D eigenvalue weighted by Gasteiger charge is 2.27. The van der Waals surface area contributed by atoms with E-state index in [2.05, 4.69) is 5.32 Å². The van der Waals surface area contributed by atoms with Crippen LogP contribution in [0, 0.1) is 0 Å². The summed E-state index contributed by atoms with van der Waals surface area (Å²) < 4.78 is 27.6. The fourth-order valence-corrected chi connectivity index (χ4v) is 5.13. The average Bonchev–Trinajstić information content (AvgIpc) is 3.28. The molecule has 27 heavy (non-hydrogen) atoms. The number of pyridine rings is 1. The number of nitrogens with one attached hydrogen (secondary N) is 1. The summed E-state index contributed by atoms with van der Waals surface area (Å²) in [5, 5.41) is 4.40. The number of thiophene rings is 1. The highest BCUT2D eigenvalue weighted by Crippen LogP contribution is 2.23. The van der Waals surface area contributed by atoms with Gasteiger partial charge in [0.15, 0.2) is 0 Å². The van der Waals surface area contributed by atoms with Gasteiger partial charge >= 0.3 is 0 Å². The molecule has 3 rings (SSSR count). The summed E-state index contributed by atoms with van der Waals surface area (Å²) in [6, 6.07) is 3.85. The predicted molar refractivity (Wildman–Crippen MR) is 100 cm³/mol. The number of rotatable bonds is 6. The first-order chi connectivity index (χ1) is 12.8. The van der Waals surface area contributed by atoms with Gasteiger partial charge in [-0.1, -0.05) is 0 Å². The van der Waals surface area contributed by atoms with Gasteiger partial charge in [-0.25, -0.2) is 8.42 Å². The van der Waals surface area contributed by atoms with E-state index in [1.54, 1.807) is 5.38 Å². The van der Waals surface area contributed by atoms with Crippen molar-refractivity contribution < 1.29 is 18.0 Å². The van der Waals surface area contributed by atoms with Crippen LogP contribution in [0.3, 0.4) is 0 Å². The zero-order valence-electron chi connectivity index (χ0n) is 14.3. The smallest absolute Gasteiger partial charge is 0.251 e. The lowest BCUT2D eigenvalue weighted by Crippen LogP contribution is -2.31. The molecule has 1 aliphatic rings. The minimum atomic E-state index is -3.70. The van der Waals surface area contributed by atoms with Crippen LogP contribution in [-0.2, 0) is 21.4 Å². The van der Waals surface area contributed by atoms with Gasteiger partial charge in [0.25, 0.3) is 11.5 Å². The Morgan fingerprint density at radius 3 is 2.56 bits per heavy atom. The van der Waals surface area contributed by atoms with Gasteiger partial charge < -0.3 is 15.6 Å². The molecule has 1 aliphatic heterocycles. The normalized spacial score (nSPS) is 15.0. The molecule has 0 atom stereocenters. The van der Waals surface area contributed by atoms with Crippen LogP contribution >= 0.6 is 11.3 Å². The maximum absolute atomic E-state index is 12.6. The third kappa shape index (κ3) is 4.10. The lowest BCUT2D eigenvalue weighted by Gasteiger charge is -2.16. The highest BCUT2D eigenvalue weighted by molar-refractivity contribution is 7.89. The number of hydrogen-bond acceptors (Lipinski definition) is 6. The lowest BCUT2D eigenvalue weighted by atomic mass is 10.3. The fraction of sp³-hybridized carbons (Fsp3) is 0.312. The Kier molecular flexibility index (Phi) is 5.44. The summed E-state index contributed by atoms with van der Waals surface area (Å²) >= 11 is 1.12. The number of amides is 2. The molecule has 3 N–H and O–H groups in total. The van der Waals surface area contributed by atoms with Crippen LogP contribution in [0.4, 0.5) is 5.00 Å². The third-order valence-corrected chi connectivity index (χ3v) is 6.87. The molecule has 0 radical (unpaired) electrons. The summed E-state index contributed by atoms with van der Waals surface area (Å²) in [5.74, 6) is -1.25. The van der Waals surface area contributed by atoms with Crippen molar-refractivity contribution in [1.29, 1.82) is 0 Å². The van der Waals surface area contributed by atoms with Crippen molar-refractivity contribution in [3.05, 3.63) is 45.7 Å². The van der Waals surface area contributed by atoms with Crippen molar-refractivity contribution in [3.8, 4) is 0 Å². The van der Waals surface area contributed by atoms with Gasteiger partial charge in [-0.2, -0.15) is 4.31 Å². The minimum absolute atomic E-state index is 0.0363. The van der Waals surface area contributed by atoms with E-state index in [1.165, 1.54) is 22.6 Å². The zero-order chi connectivity index (χ0) is 19.6. The summed E-state index contributed by atoms with van der Waals surface area (Å²) in [6.07, 6.45) is 2.76. The largest absolute Gasteiger partial charge is 0.366 e. The summed E-state index contributed by atoms with van der Waals surface area (Å²) in [6.45, 7) is 0.491. The molecule has 2 aromatic rings. The van der Waals surface area contributed by atoms with Crippen molar-refractivity contribution in [2.24, 2.45) is 5.73 Å². The van der Waals surface area contributed by atoms with Crippen LogP contribution in [0.5, 0.6) is 0 Å². The molecule has 144 valence electrons. The molecular weight excluding hydrogens is 392 g/mol. The second-order valence-corrected chi connectivity index (χ2v) is 8.87. The summed E-state index contributed by atoms with van der Waals surface area (Å²) in [5.41, 5.74) is 4.89. The second kappa shape index (κ2) is 7.62. The van der Waals surface area contributed by atoms with Crippen LogP contribution in [0.25, 0.3) is 0 Å². The topological polar surface area (TPSA) is 132 Å². The Labute approximate surface area is 159 Å². The van der Waals surface area contributed by atoms with E-state index in [0.29, 0.717) is 13.1 Å². The molecule has 0 aliphatic carbocycles. The Balaban J connectivity index is 1.80. The number of nitrogens with two attached hydrogens (primary N) is 1. The van der Waals surface area contributed by atoms with Gasteiger partial charge in [0.2, 0.25) is 15.9 Å². The van der Waals surface area contributed by atoms with E-state index >= 15 is 0 Å². The van der Waals surface area contributed by atoms with Gasteiger partial charge in [0, 0.05) is 25.4 Å². The van der Waals surface area contributed by atoms with E-state index in [1.807, 2.05) is 0 Å². The molecular formula is C16H18N4O5S2. The summed E-state index contributed by atoms with van der Waals surface area (Å²) in [4.78, 5) is 35.6. The van der Waals surface area contributed by atoms with Crippen LogP contribution < -0.4 is 16.6 Å². The van der Waals surface area contributed by atoms with E-state index in [-0.39, 0.29) is 15.5 Å². The number of nitrogens with zero attached hydrogens (tertiary/aromatic N) is 2. The fourth-order valence-electron chi connectivity index (χ4n) is 2.78. The van der Waals surface area contributed by atoms with E-state index < -0.39 is 33.9 Å². The molecule has 0 aromatic carbocycles. The Morgan fingerprint density at radius 1 is 1.19 bits per heavy atom. The number of hydrogen-bond donors (Lipinski definition) is 2. The standard InChI is InChI=1S/C16H18N4O5S2/c17-15(23)12-5-8-26-16(12)18-13(21)10-19-9-11(3-4-14(19)22)27(24,25)20-6-1-2-7-20/h3-5,8-9H,1-2,6-7,10H2,(H2,17,23)(H,18,21). The maximum atomic E-state index is 12.6. The molecule has 0 unspecified atom stereocenters. The molecule has 11 heteroatoms. The zero-order valence-corrected chi connectivity index (χ0v) is 15.9. The Bertz CT molecular complexity index is 1040. The number of carbonyl (C=O) groups is 2. The Morgan fingerprint density at radius 2 is 1.89 bits per heavy atom. The van der Waals surface area contributed by atoms with Crippen LogP contribution in [-0.4, -0.2) is 42.2 Å². The van der Waals surface area contributed by atoms with Crippen molar-refractivity contribution >= 4 is 38.2 Å². The molecule has 3 heterocycles. The Hall–Kier alpha value is -2.50. The average molecular weight is 410 g/mol. The SMILES string of the molecule is NC(=O)c1ccsc1NC(=O)Cn1cc(S(=O)(=O)N2CCCC2)ccc1=O. The molecule has 1 saturated heterocycles. The molecule has 0 bridgehead atoms. The van der Waals surface area contributed by atoms with Gasteiger partial charge in [-0.05, 0) is 30.4 Å². The molecule has 0 saturated carbocycles. The van der Waals surface area contributed by atoms with Crippen molar-refractivity contribution in [2.75, 3.05) is 18.4 Å². The number of primary amides is 1. The highest BCUT2D eigenvalue weighted by atomic mass is 32.2. The van der Waals surface area contributed by atoms with Crippen LogP contribution in [0.1, 0.15) is 23.2 Å². The minimum Gasteiger partial charge on any atom is -0.366 e. The monoisotopic (exact) mass is 410 g/mol. The van der Waals surface area contributed by atoms with Crippen molar-refractivity contribution in [3.63, 3.8) is 0 Å². The van der Waals surface area contributed by atoms with Crippen LogP contribution in [0.2, 0.25) is 0 Å². The van der Waals surface area contributed by atoms with Gasteiger partial charge in [0.05, 0.1) is 10.5 Å². The first-order valence-electron chi connectivity index (χ1n) is 8.17. The first kappa shape index (κ1) is 19.3. The summed E-state index contributed by atoms with van der Waals surface area (Å²) in [7, 11) is -3.70. The second-order valence-electron chi connectivity index (χ2n) is 6.02. The maximum Gasteiger partial charge on any atom is 0.251 e. The first-order valence-corrected chi connectivity index (χ1v) is 10.5. The van der Waals surface area contributed by atoms with Crippen molar-refractivity contribution in [1.82, 2.24) is 8.87 Å². The quantitative estimate of drug-likeness (QED) is 0.713. The number of sulfonamides is 1. The molecule has 9 nitrogen and oxygen atoms in total. The third-order valence-electron chi connectivity index (χ3n) is 4.16. The number of anilines is 1. The van der Waals surface area contributed by atoms with Crippen molar-refractivity contribution in [2.45, 2.75) is 24.3 Å². The van der Waals surface area contributed by atoms with Gasteiger partial charge in [-0.3, -0.25) is 14.4 Å². The van der Waals surface area contributed by atoms with Crippen LogP contribution in [0.15, 0.2) is 39.5 Å². The van der Waals surface area contributed by atoms with E-state index in [9.17, 15) is 22.8 Å². The molecule has 2 aromatic heterocycles. The molecule has 0 spiro atoms. The van der Waals surface area contributed by atoms with Gasteiger partial charge in [0.1, 0.15) is 11.5 Å². The van der Waals surface area contributed by atoms with Gasteiger partial charge in [-0.15, -0.1) is 11.3 Å². The van der Waals surface area contributed by atoms with E-state index in [4.69, 9.17) is 5.73 Å². The molecule has 2 amide bonds. The number of carbonyl (C=O) groups excluding carboxylic acids is 2. The number of aromatic nitrogens is 1.